The highest BCUT2D eigenvalue weighted by atomic mass is 16.2. The average Bonchev–Trinajstić information content (AvgIpc) is 2.67. The summed E-state index contributed by atoms with van der Waals surface area (Å²) in [6, 6.07) is 6.15. The van der Waals surface area contributed by atoms with Gasteiger partial charge in [0, 0.05) is 44.5 Å². The van der Waals surface area contributed by atoms with Crippen LogP contribution in [0.25, 0.3) is 0 Å². The fourth-order valence-electron chi connectivity index (χ4n) is 2.93. The first-order valence-electron chi connectivity index (χ1n) is 7.10. The van der Waals surface area contributed by atoms with Crippen molar-refractivity contribution >= 4 is 11.6 Å². The van der Waals surface area contributed by atoms with Gasteiger partial charge in [-0.05, 0) is 43.1 Å². The lowest BCUT2D eigenvalue weighted by molar-refractivity contribution is 0.0766. The van der Waals surface area contributed by atoms with Crippen molar-refractivity contribution in [3.8, 4) is 0 Å². The quantitative estimate of drug-likeness (QED) is 0.821. The molecule has 2 aliphatic heterocycles. The summed E-state index contributed by atoms with van der Waals surface area (Å²) in [5.74, 6) is 0.182. The Morgan fingerprint density at radius 2 is 2.11 bits per heavy atom. The van der Waals surface area contributed by atoms with Crippen molar-refractivity contribution in [3.63, 3.8) is 0 Å². The van der Waals surface area contributed by atoms with Crippen LogP contribution in [0.3, 0.4) is 0 Å². The number of benzene rings is 1. The number of nitrogens with zero attached hydrogens (tertiary/aromatic N) is 2. The Bertz CT molecular complexity index is 478. The highest BCUT2D eigenvalue weighted by Crippen LogP contribution is 2.27. The Labute approximate surface area is 114 Å². The zero-order chi connectivity index (χ0) is 13.2. The van der Waals surface area contributed by atoms with E-state index in [1.165, 1.54) is 11.3 Å². The number of hydrogen-bond acceptors (Lipinski definition) is 3. The standard InChI is InChI=1S/C15H21N3O/c1-17-9-5-12-11-13(3-4-14(12)17)15(19)18-8-2-6-16-7-10-18/h3-4,11,16H,2,5-10H2,1H3. The molecule has 4 nitrogen and oxygen atoms in total. The van der Waals surface area contributed by atoms with E-state index in [0.29, 0.717) is 0 Å². The maximum absolute atomic E-state index is 12.5. The third-order valence-corrected chi connectivity index (χ3v) is 4.08. The smallest absolute Gasteiger partial charge is 0.253 e. The number of anilines is 1. The first-order chi connectivity index (χ1) is 9.25. The zero-order valence-electron chi connectivity index (χ0n) is 11.5. The van der Waals surface area contributed by atoms with Crippen molar-refractivity contribution in [2.45, 2.75) is 12.8 Å². The van der Waals surface area contributed by atoms with Gasteiger partial charge in [-0.1, -0.05) is 0 Å². The molecule has 0 bridgehead atoms. The molecule has 0 radical (unpaired) electrons. The SMILES string of the molecule is CN1CCc2cc(C(=O)N3CCCNCC3)ccc21. The predicted octanol–water partition coefficient (Wildman–Crippen LogP) is 1.11. The molecule has 0 aromatic heterocycles. The Kier molecular flexibility index (Phi) is 3.42. The molecule has 102 valence electrons. The molecule has 4 heteroatoms. The summed E-state index contributed by atoms with van der Waals surface area (Å²) in [5, 5.41) is 3.33. The molecule has 3 rings (SSSR count). The van der Waals surface area contributed by atoms with Crippen LogP contribution in [-0.4, -0.2) is 50.6 Å². The minimum atomic E-state index is 0.182. The molecule has 1 aromatic rings. The van der Waals surface area contributed by atoms with Crippen LogP contribution in [0, 0.1) is 0 Å². The molecule has 19 heavy (non-hydrogen) atoms. The van der Waals surface area contributed by atoms with Crippen molar-refractivity contribution < 1.29 is 4.79 Å². The molecular weight excluding hydrogens is 238 g/mol. The van der Waals surface area contributed by atoms with Gasteiger partial charge in [-0.3, -0.25) is 4.79 Å². The molecule has 2 heterocycles. The van der Waals surface area contributed by atoms with E-state index in [1.54, 1.807) is 0 Å². The fourth-order valence-corrected chi connectivity index (χ4v) is 2.93. The number of carbonyl (C=O) groups excluding carboxylic acids is 1. The number of amides is 1. The van der Waals surface area contributed by atoms with Crippen molar-refractivity contribution in [1.82, 2.24) is 10.2 Å². The summed E-state index contributed by atoms with van der Waals surface area (Å²) in [4.78, 5) is 16.7. The van der Waals surface area contributed by atoms with Gasteiger partial charge in [0.1, 0.15) is 0 Å². The Hall–Kier alpha value is -1.55. The molecule has 0 aliphatic carbocycles. The number of likely N-dealkylation sites (N-methyl/N-ethyl adjacent to an activating group) is 1. The maximum Gasteiger partial charge on any atom is 0.253 e. The topological polar surface area (TPSA) is 35.6 Å². The van der Waals surface area contributed by atoms with Crippen LogP contribution in [0.15, 0.2) is 18.2 Å². The number of carbonyl (C=O) groups is 1. The number of rotatable bonds is 1. The van der Waals surface area contributed by atoms with Gasteiger partial charge in [0.15, 0.2) is 0 Å². The Morgan fingerprint density at radius 3 is 3.00 bits per heavy atom. The molecule has 1 aromatic carbocycles. The van der Waals surface area contributed by atoms with Crippen molar-refractivity contribution in [1.29, 1.82) is 0 Å². The molecule has 1 saturated heterocycles. The van der Waals surface area contributed by atoms with Gasteiger partial charge in [-0.2, -0.15) is 0 Å². The summed E-state index contributed by atoms with van der Waals surface area (Å²) >= 11 is 0. The van der Waals surface area contributed by atoms with E-state index < -0.39 is 0 Å². The molecule has 2 aliphatic rings. The molecular formula is C15H21N3O. The van der Waals surface area contributed by atoms with Crippen LogP contribution >= 0.6 is 0 Å². The van der Waals surface area contributed by atoms with E-state index in [0.717, 1.165) is 51.1 Å². The van der Waals surface area contributed by atoms with Crippen LogP contribution < -0.4 is 10.2 Å². The summed E-state index contributed by atoms with van der Waals surface area (Å²) < 4.78 is 0. The third kappa shape index (κ3) is 2.45. The minimum absolute atomic E-state index is 0.182. The molecule has 1 fully saturated rings. The average molecular weight is 259 g/mol. The second kappa shape index (κ2) is 5.21. The Balaban J connectivity index is 1.80. The van der Waals surface area contributed by atoms with Gasteiger partial charge < -0.3 is 15.1 Å². The minimum Gasteiger partial charge on any atom is -0.374 e. The van der Waals surface area contributed by atoms with E-state index >= 15 is 0 Å². The van der Waals surface area contributed by atoms with Crippen molar-refractivity contribution in [2.24, 2.45) is 0 Å². The molecule has 1 N–H and O–H groups in total. The summed E-state index contributed by atoms with van der Waals surface area (Å²) in [6.45, 7) is 4.65. The lowest BCUT2D eigenvalue weighted by atomic mass is 10.1. The van der Waals surface area contributed by atoms with E-state index in [-0.39, 0.29) is 5.91 Å². The number of fused-ring (bicyclic) bond motifs is 1. The second-order valence-corrected chi connectivity index (χ2v) is 5.41. The van der Waals surface area contributed by atoms with Crippen LogP contribution in [0.2, 0.25) is 0 Å². The van der Waals surface area contributed by atoms with Gasteiger partial charge >= 0.3 is 0 Å². The van der Waals surface area contributed by atoms with Crippen LogP contribution in [-0.2, 0) is 6.42 Å². The van der Waals surface area contributed by atoms with E-state index in [9.17, 15) is 4.79 Å². The lowest BCUT2D eigenvalue weighted by Gasteiger charge is -2.20. The highest BCUT2D eigenvalue weighted by molar-refractivity contribution is 5.95. The van der Waals surface area contributed by atoms with Crippen molar-refractivity contribution in [2.75, 3.05) is 44.7 Å². The van der Waals surface area contributed by atoms with Crippen molar-refractivity contribution in [3.05, 3.63) is 29.3 Å². The fraction of sp³-hybridized carbons (Fsp3) is 0.533. The van der Waals surface area contributed by atoms with E-state index in [2.05, 4.69) is 29.4 Å². The first-order valence-corrected chi connectivity index (χ1v) is 7.10. The molecule has 0 spiro atoms. The molecule has 1 amide bonds. The highest BCUT2D eigenvalue weighted by Gasteiger charge is 2.21. The van der Waals surface area contributed by atoms with Crippen LogP contribution in [0.4, 0.5) is 5.69 Å². The lowest BCUT2D eigenvalue weighted by Crippen LogP contribution is -2.34. The van der Waals surface area contributed by atoms with E-state index in [1.807, 2.05) is 11.0 Å². The molecule has 0 unspecified atom stereocenters. The van der Waals surface area contributed by atoms with Gasteiger partial charge in [0.2, 0.25) is 0 Å². The summed E-state index contributed by atoms with van der Waals surface area (Å²) in [5.41, 5.74) is 3.42. The molecule has 0 saturated carbocycles. The van der Waals surface area contributed by atoms with Gasteiger partial charge in [0.05, 0.1) is 0 Å². The Morgan fingerprint density at radius 1 is 1.21 bits per heavy atom. The summed E-state index contributed by atoms with van der Waals surface area (Å²) in [7, 11) is 2.10. The predicted molar refractivity (Wildman–Crippen MR) is 76.8 cm³/mol. The number of hydrogen-bond donors (Lipinski definition) is 1. The maximum atomic E-state index is 12.5. The number of nitrogens with one attached hydrogen (secondary N) is 1. The monoisotopic (exact) mass is 259 g/mol. The first kappa shape index (κ1) is 12.5. The van der Waals surface area contributed by atoms with Gasteiger partial charge in [-0.25, -0.2) is 0 Å². The van der Waals surface area contributed by atoms with Gasteiger partial charge in [0.25, 0.3) is 5.91 Å². The van der Waals surface area contributed by atoms with Crippen LogP contribution in [0.1, 0.15) is 22.3 Å². The van der Waals surface area contributed by atoms with E-state index in [4.69, 9.17) is 0 Å². The third-order valence-electron chi connectivity index (χ3n) is 4.08. The largest absolute Gasteiger partial charge is 0.374 e. The van der Waals surface area contributed by atoms with Crippen LogP contribution in [0.5, 0.6) is 0 Å². The zero-order valence-corrected chi connectivity index (χ0v) is 11.5. The normalized spacial score (nSPS) is 19.2. The van der Waals surface area contributed by atoms with Gasteiger partial charge in [-0.15, -0.1) is 0 Å². The second-order valence-electron chi connectivity index (χ2n) is 5.41. The summed E-state index contributed by atoms with van der Waals surface area (Å²) in [6.07, 6.45) is 2.09. The molecule has 0 atom stereocenters.